The second-order valence-electron chi connectivity index (χ2n) is 4.77. The van der Waals surface area contributed by atoms with E-state index >= 15 is 0 Å². The van der Waals surface area contributed by atoms with Crippen molar-refractivity contribution in [3.05, 3.63) is 35.9 Å². The standard InChI is InChI=1S/C16H22O4/c1-4-19-16(18)14(17)10-11-15(20-12(2)3)13-8-6-5-7-9-13/h5-9,12,15H,4,10-11H2,1-3H3. The largest absolute Gasteiger partial charge is 0.460 e. The van der Waals surface area contributed by atoms with Crippen molar-refractivity contribution in [3.8, 4) is 0 Å². The molecule has 0 saturated heterocycles. The lowest BCUT2D eigenvalue weighted by molar-refractivity contribution is -0.153. The lowest BCUT2D eigenvalue weighted by Gasteiger charge is -2.20. The molecule has 20 heavy (non-hydrogen) atoms. The first kappa shape index (κ1) is 16.4. The summed E-state index contributed by atoms with van der Waals surface area (Å²) in [6.45, 7) is 5.79. The highest BCUT2D eigenvalue weighted by Gasteiger charge is 2.19. The van der Waals surface area contributed by atoms with Gasteiger partial charge in [-0.2, -0.15) is 0 Å². The molecule has 1 aromatic rings. The molecule has 0 bridgehead atoms. The minimum atomic E-state index is -0.760. The lowest BCUT2D eigenvalue weighted by atomic mass is 10.0. The van der Waals surface area contributed by atoms with E-state index in [1.54, 1.807) is 6.92 Å². The second kappa shape index (κ2) is 8.48. The van der Waals surface area contributed by atoms with Crippen molar-refractivity contribution in [2.75, 3.05) is 6.61 Å². The molecule has 110 valence electrons. The number of ketones is 1. The molecule has 0 spiro atoms. The third-order valence-electron chi connectivity index (χ3n) is 2.74. The van der Waals surface area contributed by atoms with Gasteiger partial charge in [0.05, 0.1) is 18.8 Å². The number of ether oxygens (including phenoxy) is 2. The van der Waals surface area contributed by atoms with E-state index < -0.39 is 11.8 Å². The van der Waals surface area contributed by atoms with Gasteiger partial charge in [0.1, 0.15) is 0 Å². The van der Waals surface area contributed by atoms with Gasteiger partial charge in [0.2, 0.25) is 5.78 Å². The van der Waals surface area contributed by atoms with Gasteiger partial charge in [0.15, 0.2) is 0 Å². The molecule has 1 atom stereocenters. The van der Waals surface area contributed by atoms with Gasteiger partial charge in [0.25, 0.3) is 0 Å². The summed E-state index contributed by atoms with van der Waals surface area (Å²) in [5, 5.41) is 0. The average molecular weight is 278 g/mol. The number of hydrogen-bond acceptors (Lipinski definition) is 4. The van der Waals surface area contributed by atoms with Crippen LogP contribution in [0, 0.1) is 0 Å². The molecule has 0 amide bonds. The predicted molar refractivity (Wildman–Crippen MR) is 76.3 cm³/mol. The Hall–Kier alpha value is -1.68. The first-order chi connectivity index (χ1) is 9.54. The van der Waals surface area contributed by atoms with Gasteiger partial charge in [0, 0.05) is 6.42 Å². The van der Waals surface area contributed by atoms with Crippen LogP contribution in [0.2, 0.25) is 0 Å². The summed E-state index contributed by atoms with van der Waals surface area (Å²) in [7, 11) is 0. The highest BCUT2D eigenvalue weighted by atomic mass is 16.5. The molecule has 0 radical (unpaired) electrons. The first-order valence-electron chi connectivity index (χ1n) is 6.95. The molecule has 0 heterocycles. The molecule has 1 aromatic carbocycles. The van der Waals surface area contributed by atoms with Crippen LogP contribution in [0.25, 0.3) is 0 Å². The van der Waals surface area contributed by atoms with Crippen molar-refractivity contribution in [1.82, 2.24) is 0 Å². The van der Waals surface area contributed by atoms with Crippen LogP contribution >= 0.6 is 0 Å². The monoisotopic (exact) mass is 278 g/mol. The zero-order valence-electron chi connectivity index (χ0n) is 12.3. The topological polar surface area (TPSA) is 52.6 Å². The van der Waals surface area contributed by atoms with Gasteiger partial charge < -0.3 is 9.47 Å². The highest BCUT2D eigenvalue weighted by molar-refractivity contribution is 6.33. The third-order valence-corrected chi connectivity index (χ3v) is 2.74. The van der Waals surface area contributed by atoms with Gasteiger partial charge in [-0.1, -0.05) is 30.3 Å². The Morgan fingerprint density at radius 1 is 1.15 bits per heavy atom. The number of hydrogen-bond donors (Lipinski definition) is 0. The SMILES string of the molecule is CCOC(=O)C(=O)CCC(OC(C)C)c1ccccc1. The number of benzene rings is 1. The Bertz CT molecular complexity index is 425. The van der Waals surface area contributed by atoms with Crippen LogP contribution < -0.4 is 0 Å². The minimum absolute atomic E-state index is 0.0536. The fraction of sp³-hybridized carbons (Fsp3) is 0.500. The quantitative estimate of drug-likeness (QED) is 0.541. The van der Waals surface area contributed by atoms with Crippen molar-refractivity contribution < 1.29 is 19.1 Å². The van der Waals surface area contributed by atoms with Crippen LogP contribution in [0.5, 0.6) is 0 Å². The number of Topliss-reactive ketones (excluding diaryl/α,β-unsaturated/α-hetero) is 1. The van der Waals surface area contributed by atoms with Crippen molar-refractivity contribution in [2.45, 2.75) is 45.8 Å². The van der Waals surface area contributed by atoms with Gasteiger partial charge in [-0.25, -0.2) is 4.79 Å². The molecule has 1 unspecified atom stereocenters. The van der Waals surface area contributed by atoms with E-state index in [2.05, 4.69) is 0 Å². The van der Waals surface area contributed by atoms with Crippen LogP contribution in [0.3, 0.4) is 0 Å². The summed E-state index contributed by atoms with van der Waals surface area (Å²) in [4.78, 5) is 22.9. The average Bonchev–Trinajstić information content (AvgIpc) is 2.44. The number of carbonyl (C=O) groups excluding carboxylic acids is 2. The fourth-order valence-corrected chi connectivity index (χ4v) is 1.89. The van der Waals surface area contributed by atoms with E-state index in [0.29, 0.717) is 6.42 Å². The second-order valence-corrected chi connectivity index (χ2v) is 4.77. The summed E-state index contributed by atoms with van der Waals surface area (Å²) in [6, 6.07) is 9.71. The smallest absolute Gasteiger partial charge is 0.374 e. The molecule has 4 nitrogen and oxygen atoms in total. The Morgan fingerprint density at radius 3 is 2.35 bits per heavy atom. The summed E-state index contributed by atoms with van der Waals surface area (Å²) in [5.41, 5.74) is 1.01. The molecular formula is C16H22O4. The first-order valence-corrected chi connectivity index (χ1v) is 6.95. The van der Waals surface area contributed by atoms with Crippen molar-refractivity contribution >= 4 is 11.8 Å². The molecule has 4 heteroatoms. The van der Waals surface area contributed by atoms with Crippen LogP contribution in [-0.4, -0.2) is 24.5 Å². The predicted octanol–water partition coefficient (Wildman–Crippen LogP) is 3.07. The zero-order chi connectivity index (χ0) is 15.0. The van der Waals surface area contributed by atoms with Crippen LogP contribution in [0.4, 0.5) is 0 Å². The third kappa shape index (κ3) is 5.53. The molecule has 0 N–H and O–H groups in total. The molecule has 0 saturated carbocycles. The Balaban J connectivity index is 2.62. The van der Waals surface area contributed by atoms with Crippen LogP contribution in [0.15, 0.2) is 30.3 Å². The van der Waals surface area contributed by atoms with Crippen LogP contribution in [0.1, 0.15) is 45.3 Å². The van der Waals surface area contributed by atoms with Gasteiger partial charge in [-0.3, -0.25) is 4.79 Å². The number of rotatable bonds is 8. The van der Waals surface area contributed by atoms with E-state index in [0.717, 1.165) is 5.56 Å². The normalized spacial score (nSPS) is 12.2. The summed E-state index contributed by atoms with van der Waals surface area (Å²) >= 11 is 0. The van der Waals surface area contributed by atoms with E-state index in [9.17, 15) is 9.59 Å². The minimum Gasteiger partial charge on any atom is -0.460 e. The van der Waals surface area contributed by atoms with E-state index in [-0.39, 0.29) is 25.2 Å². The maximum Gasteiger partial charge on any atom is 0.374 e. The number of esters is 1. The number of carbonyl (C=O) groups is 2. The van der Waals surface area contributed by atoms with Crippen molar-refractivity contribution in [3.63, 3.8) is 0 Å². The molecule has 1 rings (SSSR count). The Labute approximate surface area is 120 Å². The summed E-state index contributed by atoms with van der Waals surface area (Å²) in [6.07, 6.45) is 0.470. The molecule has 0 aromatic heterocycles. The molecule has 0 fully saturated rings. The van der Waals surface area contributed by atoms with Gasteiger partial charge >= 0.3 is 5.97 Å². The van der Waals surface area contributed by atoms with E-state index in [4.69, 9.17) is 9.47 Å². The highest BCUT2D eigenvalue weighted by Crippen LogP contribution is 2.24. The van der Waals surface area contributed by atoms with Gasteiger partial charge in [-0.05, 0) is 32.8 Å². The van der Waals surface area contributed by atoms with Gasteiger partial charge in [-0.15, -0.1) is 0 Å². The fourth-order valence-electron chi connectivity index (χ4n) is 1.89. The van der Waals surface area contributed by atoms with Crippen LogP contribution in [-0.2, 0) is 19.1 Å². The molecule has 0 aliphatic carbocycles. The molecular weight excluding hydrogens is 256 g/mol. The maximum atomic E-state index is 11.6. The lowest BCUT2D eigenvalue weighted by Crippen LogP contribution is -2.19. The Morgan fingerprint density at radius 2 is 1.80 bits per heavy atom. The molecule has 0 aliphatic rings. The van der Waals surface area contributed by atoms with Crippen molar-refractivity contribution in [2.24, 2.45) is 0 Å². The molecule has 0 aliphatic heterocycles. The summed E-state index contributed by atoms with van der Waals surface area (Å²) < 4.78 is 10.5. The Kier molecular flexibility index (Phi) is 6.94. The van der Waals surface area contributed by atoms with E-state index in [1.807, 2.05) is 44.2 Å². The van der Waals surface area contributed by atoms with E-state index in [1.165, 1.54) is 0 Å². The maximum absolute atomic E-state index is 11.6. The van der Waals surface area contributed by atoms with Crippen molar-refractivity contribution in [1.29, 1.82) is 0 Å². The summed E-state index contributed by atoms with van der Waals surface area (Å²) in [5.74, 6) is -1.26. The zero-order valence-corrected chi connectivity index (χ0v) is 12.3.